The highest BCUT2D eigenvalue weighted by Gasteiger charge is 2.73. The maximum Gasteiger partial charge on any atom is 0.435 e. The molecule has 0 heterocycles. The molecule has 2 aromatic carbocycles. The Hall–Kier alpha value is -1.43. The van der Waals surface area contributed by atoms with Crippen molar-refractivity contribution in [2.75, 3.05) is 10.8 Å². The second-order valence-corrected chi connectivity index (χ2v) is 8.03. The minimum Gasteiger partial charge on any atom is -0.320 e. The maximum absolute atomic E-state index is 14.3. The van der Waals surface area contributed by atoms with Crippen molar-refractivity contribution >= 4 is 62.5 Å². The van der Waals surface area contributed by atoms with Crippen LogP contribution in [-0.4, -0.2) is 23.5 Å². The van der Waals surface area contributed by atoms with Crippen molar-refractivity contribution in [3.63, 3.8) is 0 Å². The number of rotatable bonds is 4. The molecule has 0 fully saturated rings. The van der Waals surface area contributed by atoms with Gasteiger partial charge in [0.25, 0.3) is 5.91 Å². The first-order chi connectivity index (χ1) is 13.6. The van der Waals surface area contributed by atoms with E-state index in [1.165, 1.54) is 56.7 Å². The Bertz CT molecular complexity index is 942. The Kier molecular flexibility index (Phi) is 7.12. The topological polar surface area (TPSA) is 61.4 Å². The minimum atomic E-state index is -6.29. The zero-order valence-corrected chi connectivity index (χ0v) is 18.3. The van der Waals surface area contributed by atoms with E-state index in [2.05, 4.69) is 5.32 Å². The largest absolute Gasteiger partial charge is 0.435 e. The standard InChI is InChI=1S/C16H8F8I2N2O2/c17-11-7(2-1-3-10(11)28-30)13(29)27-12-8(25)4-6(5-9(12)26)14(18,15(19,20)21)16(22,23)24/h1-5,28,30H,(H,27,29). The molecule has 0 bridgehead atoms. The number of carbonyl (C=O) groups is 1. The summed E-state index contributed by atoms with van der Waals surface area (Å²) in [6, 6.07) is 3.92. The average Bonchev–Trinajstić information content (AvgIpc) is 2.61. The van der Waals surface area contributed by atoms with Crippen LogP contribution in [0.15, 0.2) is 30.3 Å². The summed E-state index contributed by atoms with van der Waals surface area (Å²) in [5, 5.41) is 11.0. The van der Waals surface area contributed by atoms with Gasteiger partial charge in [0.05, 0.1) is 16.9 Å². The monoisotopic (exact) mass is 666 g/mol. The van der Waals surface area contributed by atoms with Gasteiger partial charge in [0, 0.05) is 12.7 Å². The van der Waals surface area contributed by atoms with Crippen molar-refractivity contribution in [2.45, 2.75) is 18.0 Å². The first-order valence-corrected chi connectivity index (χ1v) is 9.62. The van der Waals surface area contributed by atoms with Gasteiger partial charge in [-0.3, -0.25) is 15.5 Å². The van der Waals surface area contributed by atoms with Crippen LogP contribution in [0, 0.1) is 13.0 Å². The summed E-state index contributed by atoms with van der Waals surface area (Å²) < 4.78 is 105. The maximum atomic E-state index is 14.3. The fourth-order valence-corrected chi connectivity index (χ4v) is 4.39. The van der Waals surface area contributed by atoms with E-state index in [1.807, 2.05) is 0 Å². The molecule has 30 heavy (non-hydrogen) atoms. The number of anilines is 2. The van der Waals surface area contributed by atoms with Crippen molar-refractivity contribution < 1.29 is 45.1 Å². The molecule has 0 aliphatic carbocycles. The summed E-state index contributed by atoms with van der Waals surface area (Å²) in [6.07, 6.45) is -12.6. The molecule has 0 atom stereocenters. The summed E-state index contributed by atoms with van der Waals surface area (Å²) in [5.41, 5.74) is -7.10. The zero-order chi connectivity index (χ0) is 23.1. The van der Waals surface area contributed by atoms with E-state index in [0.29, 0.717) is 12.1 Å². The van der Waals surface area contributed by atoms with Crippen LogP contribution in [0.4, 0.5) is 46.5 Å². The van der Waals surface area contributed by atoms with Crippen LogP contribution in [0.1, 0.15) is 15.9 Å². The van der Waals surface area contributed by atoms with E-state index >= 15 is 0 Å². The van der Waals surface area contributed by atoms with Gasteiger partial charge in [-0.05, 0) is 69.4 Å². The summed E-state index contributed by atoms with van der Waals surface area (Å²) in [4.78, 5) is 12.3. The van der Waals surface area contributed by atoms with E-state index in [4.69, 9.17) is 5.21 Å². The quantitative estimate of drug-likeness (QED) is 0.202. The first kappa shape index (κ1) is 24.8. The Morgan fingerprint density at radius 1 is 0.933 bits per heavy atom. The fraction of sp³-hybridized carbons (Fsp3) is 0.188. The number of hydrogen-bond donors (Lipinski definition) is 3. The number of amides is 1. The number of halogens is 10. The van der Waals surface area contributed by atoms with Gasteiger partial charge in [0.2, 0.25) is 0 Å². The van der Waals surface area contributed by atoms with E-state index in [9.17, 15) is 39.9 Å². The third-order valence-corrected chi connectivity index (χ3v) is 5.53. The molecule has 3 N–H and O–H groups in total. The second-order valence-electron chi connectivity index (χ2n) is 5.70. The van der Waals surface area contributed by atoms with Crippen LogP contribution in [0.3, 0.4) is 0 Å². The summed E-state index contributed by atoms with van der Waals surface area (Å²) >= 11 is 2.63. The molecule has 0 unspecified atom stereocenters. The average molecular weight is 666 g/mol. The van der Waals surface area contributed by atoms with Gasteiger partial charge in [0.15, 0.2) is 5.82 Å². The van der Waals surface area contributed by atoms with E-state index < -0.39 is 46.6 Å². The Morgan fingerprint density at radius 2 is 1.43 bits per heavy atom. The smallest absolute Gasteiger partial charge is 0.320 e. The highest BCUT2D eigenvalue weighted by Crippen LogP contribution is 2.54. The second kappa shape index (κ2) is 8.60. The van der Waals surface area contributed by atoms with Gasteiger partial charge in [-0.25, -0.2) is 8.78 Å². The Labute approximate surface area is 190 Å². The summed E-state index contributed by atoms with van der Waals surface area (Å²) in [5.74, 6) is -2.26. The number of hydrogen-bond acceptors (Lipinski definition) is 3. The molecule has 1 amide bonds. The molecular formula is C16H8F8I2N2O2. The third kappa shape index (κ3) is 4.44. The molecule has 14 heteroatoms. The molecular weight excluding hydrogens is 658 g/mol. The summed E-state index contributed by atoms with van der Waals surface area (Å²) in [7, 11) is 0. The number of alkyl halides is 7. The Morgan fingerprint density at radius 3 is 1.87 bits per heavy atom. The molecule has 2 rings (SSSR count). The molecule has 0 saturated carbocycles. The molecule has 0 radical (unpaired) electrons. The number of nitrogens with one attached hydrogen (secondary N) is 2. The highest BCUT2D eigenvalue weighted by atomic mass is 127. The lowest BCUT2D eigenvalue weighted by Crippen LogP contribution is -2.50. The molecule has 4 nitrogen and oxygen atoms in total. The van der Waals surface area contributed by atoms with Crippen LogP contribution >= 0.6 is 45.2 Å². The van der Waals surface area contributed by atoms with Crippen molar-refractivity contribution in [1.29, 1.82) is 0 Å². The third-order valence-electron chi connectivity index (χ3n) is 3.82. The van der Waals surface area contributed by atoms with Gasteiger partial charge in [-0.2, -0.15) is 26.3 Å². The van der Waals surface area contributed by atoms with Crippen LogP contribution in [0.25, 0.3) is 0 Å². The van der Waals surface area contributed by atoms with Crippen molar-refractivity contribution in [2.24, 2.45) is 0 Å². The molecule has 164 valence electrons. The van der Waals surface area contributed by atoms with Gasteiger partial charge in [-0.1, -0.05) is 6.07 Å². The van der Waals surface area contributed by atoms with Crippen LogP contribution in [-0.2, 0) is 5.67 Å². The lowest BCUT2D eigenvalue weighted by Gasteiger charge is -2.31. The molecule has 0 aliphatic heterocycles. The van der Waals surface area contributed by atoms with E-state index in [-0.39, 0.29) is 12.8 Å². The molecule has 0 saturated heterocycles. The first-order valence-electron chi connectivity index (χ1n) is 7.47. The van der Waals surface area contributed by atoms with Crippen LogP contribution in [0.2, 0.25) is 0 Å². The van der Waals surface area contributed by atoms with Gasteiger partial charge >= 0.3 is 18.0 Å². The fourth-order valence-electron chi connectivity index (χ4n) is 2.35. The van der Waals surface area contributed by atoms with Gasteiger partial charge in [0.1, 0.15) is 0 Å². The predicted molar refractivity (Wildman–Crippen MR) is 107 cm³/mol. The van der Waals surface area contributed by atoms with Gasteiger partial charge < -0.3 is 5.32 Å². The lowest BCUT2D eigenvalue weighted by molar-refractivity contribution is -0.348. The predicted octanol–water partition coefficient (Wildman–Crippen LogP) is 6.38. The molecule has 0 aliphatic rings. The van der Waals surface area contributed by atoms with Crippen LogP contribution < -0.4 is 10.8 Å². The zero-order valence-electron chi connectivity index (χ0n) is 14.0. The van der Waals surface area contributed by atoms with Crippen molar-refractivity contribution in [3.05, 3.63) is 54.4 Å². The lowest BCUT2D eigenvalue weighted by atomic mass is 9.94. The number of carbonyl (C=O) groups excluding carboxylic acids is 1. The van der Waals surface area contributed by atoms with Crippen molar-refractivity contribution in [3.8, 4) is 0 Å². The summed E-state index contributed by atoms with van der Waals surface area (Å²) in [6.45, 7) is 0. The van der Waals surface area contributed by atoms with Crippen LogP contribution in [0.5, 0.6) is 0 Å². The minimum absolute atomic E-state index is 0.251. The molecule has 0 spiro atoms. The normalized spacial score (nSPS) is 12.6. The number of benzene rings is 2. The van der Waals surface area contributed by atoms with E-state index in [1.54, 1.807) is 0 Å². The van der Waals surface area contributed by atoms with Gasteiger partial charge in [-0.15, -0.1) is 0 Å². The molecule has 2 aromatic rings. The SMILES string of the molecule is O=C(Nc1c(I)cc(C(F)(C(F)(F)F)C(F)(F)F)cc1I)c1cccc(NO)c1F. The van der Waals surface area contributed by atoms with E-state index in [0.717, 1.165) is 12.1 Å². The highest BCUT2D eigenvalue weighted by molar-refractivity contribution is 14.1. The Balaban J connectivity index is 2.51. The van der Waals surface area contributed by atoms with Crippen molar-refractivity contribution in [1.82, 2.24) is 0 Å². The molecule has 0 aromatic heterocycles.